The normalized spacial score (nSPS) is 19.2. The van der Waals surface area contributed by atoms with Gasteiger partial charge in [-0.1, -0.05) is 42.5 Å². The third kappa shape index (κ3) is 2.76. The summed E-state index contributed by atoms with van der Waals surface area (Å²) < 4.78 is 0. The second-order valence-electron chi connectivity index (χ2n) is 5.63. The average molecular weight is 338 g/mol. The number of carbonyl (C=O) groups excluding carboxylic acids is 2. The third-order valence-corrected chi connectivity index (χ3v) is 4.12. The number of non-ortho nitro benzene ring substituents is 1. The van der Waals surface area contributed by atoms with Gasteiger partial charge in [0.1, 0.15) is 5.76 Å². The largest absolute Gasteiger partial charge is 0.507 e. The maximum Gasteiger partial charge on any atom is 0.295 e. The Balaban J connectivity index is 2.19. The molecule has 0 radical (unpaired) electrons. The zero-order chi connectivity index (χ0) is 18.1. The van der Waals surface area contributed by atoms with Crippen LogP contribution in [0.2, 0.25) is 0 Å². The maximum atomic E-state index is 12.4. The van der Waals surface area contributed by atoms with E-state index in [-0.39, 0.29) is 17.0 Å². The van der Waals surface area contributed by atoms with E-state index in [1.54, 1.807) is 36.4 Å². The Morgan fingerprint density at radius 2 is 1.80 bits per heavy atom. The number of hydrogen-bond donors (Lipinski definition) is 1. The molecular weight excluding hydrogens is 324 g/mol. The van der Waals surface area contributed by atoms with E-state index in [0.29, 0.717) is 11.1 Å². The van der Waals surface area contributed by atoms with E-state index in [1.165, 1.54) is 30.1 Å². The fourth-order valence-corrected chi connectivity index (χ4v) is 2.90. The van der Waals surface area contributed by atoms with Gasteiger partial charge in [0, 0.05) is 24.7 Å². The number of aliphatic hydroxyl groups is 1. The van der Waals surface area contributed by atoms with Gasteiger partial charge >= 0.3 is 0 Å². The van der Waals surface area contributed by atoms with E-state index in [0.717, 1.165) is 0 Å². The second-order valence-corrected chi connectivity index (χ2v) is 5.63. The highest BCUT2D eigenvalue weighted by Gasteiger charge is 2.44. The average Bonchev–Trinajstić information content (AvgIpc) is 2.86. The lowest BCUT2D eigenvalue weighted by atomic mass is 9.95. The van der Waals surface area contributed by atoms with Crippen LogP contribution in [0, 0.1) is 10.1 Å². The number of nitrogens with zero attached hydrogens (tertiary/aromatic N) is 2. The molecule has 7 heteroatoms. The fraction of sp³-hybridized carbons (Fsp3) is 0.111. The molecule has 0 bridgehead atoms. The fourth-order valence-electron chi connectivity index (χ4n) is 2.90. The Bertz CT molecular complexity index is 905. The molecule has 126 valence electrons. The predicted molar refractivity (Wildman–Crippen MR) is 89.6 cm³/mol. The van der Waals surface area contributed by atoms with E-state index >= 15 is 0 Å². The molecule has 25 heavy (non-hydrogen) atoms. The lowest BCUT2D eigenvalue weighted by Crippen LogP contribution is -2.24. The number of rotatable bonds is 3. The van der Waals surface area contributed by atoms with E-state index < -0.39 is 22.7 Å². The smallest absolute Gasteiger partial charge is 0.295 e. The first-order chi connectivity index (χ1) is 11.9. The van der Waals surface area contributed by atoms with Crippen molar-refractivity contribution in [2.75, 3.05) is 7.05 Å². The van der Waals surface area contributed by atoms with E-state index in [2.05, 4.69) is 0 Å². The molecule has 3 rings (SSSR count). The van der Waals surface area contributed by atoms with E-state index in [4.69, 9.17) is 0 Å². The first-order valence-electron chi connectivity index (χ1n) is 7.46. The first-order valence-corrected chi connectivity index (χ1v) is 7.46. The number of nitro benzene ring substituents is 1. The minimum absolute atomic E-state index is 0.0841. The molecule has 0 aromatic heterocycles. The highest BCUT2D eigenvalue weighted by molar-refractivity contribution is 6.46. The van der Waals surface area contributed by atoms with Crippen molar-refractivity contribution in [1.29, 1.82) is 0 Å². The van der Waals surface area contributed by atoms with Crippen molar-refractivity contribution in [3.8, 4) is 0 Å². The SMILES string of the molecule is CN1C(=O)C(=O)C(=C(O)c2ccccc2)[C@H]1c1cccc([N+](=O)[O-])c1. The zero-order valence-corrected chi connectivity index (χ0v) is 13.2. The molecule has 2 aromatic carbocycles. The monoisotopic (exact) mass is 338 g/mol. The highest BCUT2D eigenvalue weighted by atomic mass is 16.6. The number of likely N-dealkylation sites (tertiary alicyclic amines) is 1. The van der Waals surface area contributed by atoms with Crippen LogP contribution in [0.25, 0.3) is 5.76 Å². The van der Waals surface area contributed by atoms with Gasteiger partial charge in [-0.2, -0.15) is 0 Å². The molecule has 1 saturated heterocycles. The number of amides is 1. The van der Waals surface area contributed by atoms with Crippen molar-refractivity contribution >= 4 is 23.1 Å². The Morgan fingerprint density at radius 3 is 2.44 bits per heavy atom. The molecule has 0 aliphatic carbocycles. The van der Waals surface area contributed by atoms with Gasteiger partial charge in [-0.05, 0) is 5.56 Å². The Kier molecular flexibility index (Phi) is 4.06. The second kappa shape index (κ2) is 6.20. The molecule has 1 heterocycles. The topological polar surface area (TPSA) is 101 Å². The number of benzene rings is 2. The Hall–Kier alpha value is -3.48. The van der Waals surface area contributed by atoms with Gasteiger partial charge in [-0.3, -0.25) is 19.7 Å². The molecule has 0 saturated carbocycles. The number of Topliss-reactive ketones (excluding diaryl/α,β-unsaturated/α-hetero) is 1. The summed E-state index contributed by atoms with van der Waals surface area (Å²) >= 11 is 0. The van der Waals surface area contributed by atoms with Crippen LogP contribution >= 0.6 is 0 Å². The molecule has 1 atom stereocenters. The maximum absolute atomic E-state index is 12.4. The molecule has 1 aliphatic rings. The molecule has 2 aromatic rings. The first kappa shape index (κ1) is 16.4. The van der Waals surface area contributed by atoms with Crippen LogP contribution in [0.3, 0.4) is 0 Å². The lowest BCUT2D eigenvalue weighted by Gasteiger charge is -2.20. The van der Waals surface area contributed by atoms with Gasteiger partial charge in [-0.15, -0.1) is 0 Å². The Labute approximate surface area is 143 Å². The molecule has 0 spiro atoms. The number of carbonyl (C=O) groups is 2. The van der Waals surface area contributed by atoms with Crippen LogP contribution in [0.5, 0.6) is 0 Å². The summed E-state index contributed by atoms with van der Waals surface area (Å²) in [5.74, 6) is -1.89. The van der Waals surface area contributed by atoms with Crippen LogP contribution in [-0.2, 0) is 9.59 Å². The van der Waals surface area contributed by atoms with Crippen molar-refractivity contribution in [2.24, 2.45) is 0 Å². The van der Waals surface area contributed by atoms with Gasteiger partial charge in [0.2, 0.25) is 0 Å². The Morgan fingerprint density at radius 1 is 1.12 bits per heavy atom. The van der Waals surface area contributed by atoms with Gasteiger partial charge < -0.3 is 10.0 Å². The minimum atomic E-state index is -0.889. The van der Waals surface area contributed by atoms with E-state index in [1.807, 2.05) is 0 Å². The summed E-state index contributed by atoms with van der Waals surface area (Å²) in [5, 5.41) is 21.6. The molecule has 7 nitrogen and oxygen atoms in total. The van der Waals surface area contributed by atoms with Crippen molar-refractivity contribution < 1.29 is 19.6 Å². The van der Waals surface area contributed by atoms with Crippen LogP contribution in [0.1, 0.15) is 17.2 Å². The number of nitro groups is 1. The van der Waals surface area contributed by atoms with Crippen molar-refractivity contribution in [3.05, 3.63) is 81.4 Å². The van der Waals surface area contributed by atoms with Crippen molar-refractivity contribution in [2.45, 2.75) is 6.04 Å². The summed E-state index contributed by atoms with van der Waals surface area (Å²) in [4.78, 5) is 36.2. The molecule has 1 N–H and O–H groups in total. The minimum Gasteiger partial charge on any atom is -0.507 e. The number of ketones is 1. The summed E-state index contributed by atoms with van der Waals surface area (Å²) in [6, 6.07) is 13.2. The number of hydrogen-bond acceptors (Lipinski definition) is 5. The molecule has 0 unspecified atom stereocenters. The number of likely N-dealkylation sites (N-methyl/N-ethyl adjacent to an activating group) is 1. The summed E-state index contributed by atoms with van der Waals surface area (Å²) in [7, 11) is 1.43. The molecule has 1 aliphatic heterocycles. The third-order valence-electron chi connectivity index (χ3n) is 4.12. The van der Waals surface area contributed by atoms with Crippen molar-refractivity contribution in [1.82, 2.24) is 4.90 Å². The van der Waals surface area contributed by atoms with Gasteiger partial charge in [0.25, 0.3) is 17.4 Å². The van der Waals surface area contributed by atoms with Gasteiger partial charge in [0.15, 0.2) is 0 Å². The highest BCUT2D eigenvalue weighted by Crippen LogP contribution is 2.39. The lowest BCUT2D eigenvalue weighted by molar-refractivity contribution is -0.384. The summed E-state index contributed by atoms with van der Waals surface area (Å²) in [6.45, 7) is 0. The predicted octanol–water partition coefficient (Wildman–Crippen LogP) is 2.65. The van der Waals surface area contributed by atoms with E-state index in [9.17, 15) is 24.8 Å². The van der Waals surface area contributed by atoms with Crippen LogP contribution in [0.15, 0.2) is 60.2 Å². The summed E-state index contributed by atoms with van der Waals surface area (Å²) in [6.07, 6.45) is 0. The van der Waals surface area contributed by atoms with Crippen molar-refractivity contribution in [3.63, 3.8) is 0 Å². The standard InChI is InChI=1S/C18H14N2O5/c1-19-15(12-8-5-9-13(10-12)20(24)25)14(17(22)18(19)23)16(21)11-6-3-2-4-7-11/h2-10,15,21H,1H3/t15-/m1/s1. The molecule has 1 amide bonds. The van der Waals surface area contributed by atoms with Crippen LogP contribution in [0.4, 0.5) is 5.69 Å². The van der Waals surface area contributed by atoms with Gasteiger partial charge in [0.05, 0.1) is 16.5 Å². The quantitative estimate of drug-likeness (QED) is 0.305. The zero-order valence-electron chi connectivity index (χ0n) is 13.2. The van der Waals surface area contributed by atoms with Crippen LogP contribution < -0.4 is 0 Å². The number of aliphatic hydroxyl groups excluding tert-OH is 1. The molecular formula is C18H14N2O5. The summed E-state index contributed by atoms with van der Waals surface area (Å²) in [5.41, 5.74) is 0.535. The molecule has 1 fully saturated rings. The van der Waals surface area contributed by atoms with Crippen LogP contribution in [-0.4, -0.2) is 33.7 Å². The van der Waals surface area contributed by atoms with Gasteiger partial charge in [-0.25, -0.2) is 0 Å².